The minimum Gasteiger partial charge on any atom is -0.352 e. The smallest absolute Gasteiger partial charge is 0.242 e. The average molecular weight is 436 g/mol. The van der Waals surface area contributed by atoms with Gasteiger partial charge in [0.05, 0.1) is 17.3 Å². The molecule has 29 heavy (non-hydrogen) atoms. The van der Waals surface area contributed by atoms with Crippen LogP contribution in [0, 0.1) is 0 Å². The molecule has 1 saturated heterocycles. The van der Waals surface area contributed by atoms with Gasteiger partial charge in [0.2, 0.25) is 11.8 Å². The van der Waals surface area contributed by atoms with Crippen LogP contribution >= 0.6 is 23.2 Å². The van der Waals surface area contributed by atoms with Crippen LogP contribution in [0.2, 0.25) is 10.0 Å². The third kappa shape index (κ3) is 5.16. The molecule has 0 N–H and O–H groups in total. The van der Waals surface area contributed by atoms with E-state index in [0.29, 0.717) is 48.5 Å². The number of aromatic nitrogens is 2. The molecule has 2 amide bonds. The van der Waals surface area contributed by atoms with Gasteiger partial charge in [0.15, 0.2) is 5.82 Å². The maximum absolute atomic E-state index is 12.4. The summed E-state index contributed by atoms with van der Waals surface area (Å²) in [7, 11) is 0. The Hall–Kier alpha value is -2.38. The van der Waals surface area contributed by atoms with Crippen LogP contribution < -0.4 is 4.90 Å². The molecule has 0 saturated carbocycles. The van der Waals surface area contributed by atoms with Crippen molar-refractivity contribution in [2.45, 2.75) is 13.8 Å². The number of carbonyl (C=O) groups is 2. The Morgan fingerprint density at radius 2 is 1.79 bits per heavy atom. The number of likely N-dealkylation sites (N-methyl/N-ethyl adjacent to an activating group) is 1. The lowest BCUT2D eigenvalue weighted by atomic mass is 10.1. The van der Waals surface area contributed by atoms with Crippen molar-refractivity contribution in [1.29, 1.82) is 0 Å². The van der Waals surface area contributed by atoms with E-state index >= 15 is 0 Å². The van der Waals surface area contributed by atoms with Crippen molar-refractivity contribution in [3.05, 3.63) is 40.4 Å². The number of halogens is 2. The number of piperazine rings is 1. The standard InChI is InChI=1S/C20H23Cl2N5O2/c1-3-25(14(2)28)13-20(29)27-10-8-26(9-11-27)19-7-6-18(23-24-19)16-5-4-15(21)12-17(16)22/h4-7,12H,3,8-11,13H2,1-2H3. The van der Waals surface area contributed by atoms with Crippen LogP contribution in [-0.4, -0.2) is 71.1 Å². The van der Waals surface area contributed by atoms with Gasteiger partial charge >= 0.3 is 0 Å². The molecule has 0 unspecified atom stereocenters. The van der Waals surface area contributed by atoms with Crippen LogP contribution in [-0.2, 0) is 9.59 Å². The monoisotopic (exact) mass is 435 g/mol. The van der Waals surface area contributed by atoms with Crippen molar-refractivity contribution in [2.75, 3.05) is 44.2 Å². The summed E-state index contributed by atoms with van der Waals surface area (Å²) in [4.78, 5) is 29.4. The zero-order chi connectivity index (χ0) is 21.0. The highest BCUT2D eigenvalue weighted by Crippen LogP contribution is 2.29. The van der Waals surface area contributed by atoms with E-state index in [-0.39, 0.29) is 18.4 Å². The van der Waals surface area contributed by atoms with Gasteiger partial charge in [-0.05, 0) is 37.3 Å². The first-order chi connectivity index (χ1) is 13.9. The van der Waals surface area contributed by atoms with Gasteiger partial charge < -0.3 is 14.7 Å². The summed E-state index contributed by atoms with van der Waals surface area (Å²) >= 11 is 12.2. The first kappa shape index (κ1) is 21.3. The van der Waals surface area contributed by atoms with Crippen molar-refractivity contribution < 1.29 is 9.59 Å². The van der Waals surface area contributed by atoms with Crippen LogP contribution in [0.1, 0.15) is 13.8 Å². The number of hydrogen-bond acceptors (Lipinski definition) is 5. The van der Waals surface area contributed by atoms with E-state index in [1.165, 1.54) is 6.92 Å². The Morgan fingerprint density at radius 3 is 2.34 bits per heavy atom. The molecular formula is C20H23Cl2N5O2. The van der Waals surface area contributed by atoms with Gasteiger partial charge in [-0.2, -0.15) is 0 Å². The van der Waals surface area contributed by atoms with Crippen LogP contribution in [0.25, 0.3) is 11.3 Å². The first-order valence-electron chi connectivity index (χ1n) is 9.46. The molecule has 2 heterocycles. The molecule has 7 nitrogen and oxygen atoms in total. The summed E-state index contributed by atoms with van der Waals surface area (Å²) in [5, 5.41) is 9.72. The third-order valence-corrected chi connectivity index (χ3v) is 5.51. The Balaban J connectivity index is 1.59. The van der Waals surface area contributed by atoms with E-state index < -0.39 is 0 Å². The van der Waals surface area contributed by atoms with E-state index in [1.54, 1.807) is 21.9 Å². The van der Waals surface area contributed by atoms with Gasteiger partial charge in [0.25, 0.3) is 0 Å². The number of hydrogen-bond donors (Lipinski definition) is 0. The first-order valence-corrected chi connectivity index (χ1v) is 10.2. The quantitative estimate of drug-likeness (QED) is 0.721. The van der Waals surface area contributed by atoms with Gasteiger partial charge in [-0.15, -0.1) is 10.2 Å². The van der Waals surface area contributed by atoms with E-state index in [4.69, 9.17) is 23.2 Å². The molecule has 9 heteroatoms. The van der Waals surface area contributed by atoms with Crippen molar-refractivity contribution in [1.82, 2.24) is 20.0 Å². The Kier molecular flexibility index (Phi) is 6.92. The van der Waals surface area contributed by atoms with Crippen molar-refractivity contribution in [3.63, 3.8) is 0 Å². The molecule has 1 aromatic heterocycles. The molecule has 3 rings (SSSR count). The highest BCUT2D eigenvalue weighted by Gasteiger charge is 2.24. The van der Waals surface area contributed by atoms with Crippen LogP contribution in [0.3, 0.4) is 0 Å². The predicted octanol–water partition coefficient (Wildman–Crippen LogP) is 2.97. The number of benzene rings is 1. The van der Waals surface area contributed by atoms with Crippen LogP contribution in [0.5, 0.6) is 0 Å². The SMILES string of the molecule is CCN(CC(=O)N1CCN(c2ccc(-c3ccc(Cl)cc3Cl)nn2)CC1)C(C)=O. The predicted molar refractivity (Wildman–Crippen MR) is 114 cm³/mol. The molecule has 1 aliphatic rings. The highest BCUT2D eigenvalue weighted by atomic mass is 35.5. The normalized spacial score (nSPS) is 14.1. The zero-order valence-electron chi connectivity index (χ0n) is 16.4. The molecule has 0 atom stereocenters. The second-order valence-electron chi connectivity index (χ2n) is 6.80. The molecular weight excluding hydrogens is 413 g/mol. The maximum Gasteiger partial charge on any atom is 0.242 e. The van der Waals surface area contributed by atoms with E-state index in [0.717, 1.165) is 11.4 Å². The van der Waals surface area contributed by atoms with Crippen molar-refractivity contribution in [2.24, 2.45) is 0 Å². The van der Waals surface area contributed by atoms with Crippen LogP contribution in [0.4, 0.5) is 5.82 Å². The van der Waals surface area contributed by atoms with Gasteiger partial charge in [-0.25, -0.2) is 0 Å². The minimum absolute atomic E-state index is 0.0273. The molecule has 0 spiro atoms. The van der Waals surface area contributed by atoms with E-state index in [2.05, 4.69) is 15.1 Å². The van der Waals surface area contributed by atoms with Crippen molar-refractivity contribution >= 4 is 40.8 Å². The largest absolute Gasteiger partial charge is 0.352 e. The second kappa shape index (κ2) is 9.41. The van der Waals surface area contributed by atoms with E-state index in [9.17, 15) is 9.59 Å². The molecule has 0 aliphatic carbocycles. The molecule has 2 aromatic rings. The zero-order valence-corrected chi connectivity index (χ0v) is 17.9. The topological polar surface area (TPSA) is 69.6 Å². The van der Waals surface area contributed by atoms with Gasteiger partial charge in [-0.3, -0.25) is 9.59 Å². The highest BCUT2D eigenvalue weighted by molar-refractivity contribution is 6.36. The third-order valence-electron chi connectivity index (χ3n) is 4.97. The van der Waals surface area contributed by atoms with Gasteiger partial charge in [0.1, 0.15) is 0 Å². The number of rotatable bonds is 5. The molecule has 1 aromatic carbocycles. The maximum atomic E-state index is 12.4. The lowest BCUT2D eigenvalue weighted by Crippen LogP contribution is -2.52. The van der Waals surface area contributed by atoms with E-state index in [1.807, 2.05) is 25.1 Å². The summed E-state index contributed by atoms with van der Waals surface area (Å²) in [6.07, 6.45) is 0. The summed E-state index contributed by atoms with van der Waals surface area (Å²) in [6, 6.07) is 9.04. The van der Waals surface area contributed by atoms with Gasteiger partial charge in [0, 0.05) is 50.2 Å². The summed E-state index contributed by atoms with van der Waals surface area (Å²) in [5.41, 5.74) is 1.45. The number of carbonyl (C=O) groups excluding carboxylic acids is 2. The Morgan fingerprint density at radius 1 is 1.07 bits per heavy atom. The molecule has 154 valence electrons. The van der Waals surface area contributed by atoms with Crippen molar-refractivity contribution in [3.8, 4) is 11.3 Å². The second-order valence-corrected chi connectivity index (χ2v) is 7.65. The summed E-state index contributed by atoms with van der Waals surface area (Å²) < 4.78 is 0. The fraction of sp³-hybridized carbons (Fsp3) is 0.400. The lowest BCUT2D eigenvalue weighted by molar-refractivity contribution is -0.139. The summed E-state index contributed by atoms with van der Waals surface area (Å²) in [6.45, 7) is 6.49. The summed E-state index contributed by atoms with van der Waals surface area (Å²) in [5.74, 6) is 0.640. The van der Waals surface area contributed by atoms with Gasteiger partial charge in [-0.1, -0.05) is 23.2 Å². The molecule has 0 radical (unpaired) electrons. The van der Waals surface area contributed by atoms with Crippen LogP contribution in [0.15, 0.2) is 30.3 Å². The molecule has 0 bridgehead atoms. The molecule has 1 aliphatic heterocycles. The number of nitrogens with zero attached hydrogens (tertiary/aromatic N) is 5. The average Bonchev–Trinajstić information content (AvgIpc) is 2.72. The molecule has 1 fully saturated rings. The lowest BCUT2D eigenvalue weighted by Gasteiger charge is -2.36. The minimum atomic E-state index is -0.0874. The fourth-order valence-electron chi connectivity index (χ4n) is 3.23. The number of anilines is 1. The fourth-order valence-corrected chi connectivity index (χ4v) is 3.73. The Labute approximate surface area is 180 Å². The Bertz CT molecular complexity index is 883. The number of amides is 2.